The van der Waals surface area contributed by atoms with Crippen molar-refractivity contribution in [1.29, 1.82) is 0 Å². The van der Waals surface area contributed by atoms with E-state index in [1.54, 1.807) is 0 Å². The molecule has 0 unspecified atom stereocenters. The zero-order valence-electron chi connectivity index (χ0n) is 9.86. The summed E-state index contributed by atoms with van der Waals surface area (Å²) in [6.07, 6.45) is 1.04. The Kier molecular flexibility index (Phi) is 2.81. The van der Waals surface area contributed by atoms with E-state index in [9.17, 15) is 17.6 Å². The van der Waals surface area contributed by atoms with E-state index >= 15 is 0 Å². The minimum absolute atomic E-state index is 0.0108. The van der Waals surface area contributed by atoms with Crippen molar-refractivity contribution in [1.82, 2.24) is 5.32 Å². The van der Waals surface area contributed by atoms with Crippen molar-refractivity contribution in [3.8, 4) is 11.5 Å². The first-order valence-corrected chi connectivity index (χ1v) is 5.92. The topological polar surface area (TPSA) is 30.5 Å². The van der Waals surface area contributed by atoms with Crippen LogP contribution in [0.5, 0.6) is 11.5 Å². The van der Waals surface area contributed by atoms with Gasteiger partial charge in [-0.25, -0.2) is 8.78 Å². The highest BCUT2D eigenvalue weighted by Crippen LogP contribution is 2.44. The Balaban J connectivity index is 2.05. The molecule has 0 radical (unpaired) electrons. The Labute approximate surface area is 106 Å². The number of fused-ring (bicyclic) bond motifs is 1. The van der Waals surface area contributed by atoms with E-state index in [2.05, 4.69) is 5.32 Å². The molecular formula is C12H11F4NO2. The largest absolute Gasteiger partial charge is 0.483 e. The van der Waals surface area contributed by atoms with Crippen LogP contribution in [-0.4, -0.2) is 25.3 Å². The molecule has 1 aromatic rings. The molecule has 2 aliphatic rings. The van der Waals surface area contributed by atoms with Crippen LogP contribution in [-0.2, 0) is 0 Å². The summed E-state index contributed by atoms with van der Waals surface area (Å²) in [4.78, 5) is 0. The number of ether oxygens (including phenoxy) is 2. The normalized spacial score (nSPS) is 20.6. The third-order valence-corrected chi connectivity index (χ3v) is 3.50. The van der Waals surface area contributed by atoms with Gasteiger partial charge in [-0.1, -0.05) is 0 Å². The first-order valence-electron chi connectivity index (χ1n) is 5.92. The third-order valence-electron chi connectivity index (χ3n) is 3.50. The van der Waals surface area contributed by atoms with Gasteiger partial charge in [-0.3, -0.25) is 0 Å². The zero-order chi connectivity index (χ0) is 13.6. The second-order valence-electron chi connectivity index (χ2n) is 4.74. The van der Waals surface area contributed by atoms with Crippen molar-refractivity contribution in [2.75, 3.05) is 19.7 Å². The molecule has 1 spiro atoms. The molecule has 1 N–H and O–H groups in total. The van der Waals surface area contributed by atoms with Gasteiger partial charge >= 0.3 is 0 Å². The van der Waals surface area contributed by atoms with Crippen molar-refractivity contribution >= 4 is 0 Å². The van der Waals surface area contributed by atoms with Crippen LogP contribution < -0.4 is 14.8 Å². The van der Waals surface area contributed by atoms with E-state index in [4.69, 9.17) is 9.47 Å². The Morgan fingerprint density at radius 1 is 0.842 bits per heavy atom. The van der Waals surface area contributed by atoms with Gasteiger partial charge in [0, 0.05) is 12.8 Å². The standard InChI is InChI=1S/C12H11F4NO2/c13-6-7(14)9(16)11-10(8(6)15)18-5-12(19-11)1-3-17-4-2-12/h17H,1-5H2. The number of halogens is 4. The molecular weight excluding hydrogens is 266 g/mol. The maximum absolute atomic E-state index is 13.7. The maximum Gasteiger partial charge on any atom is 0.207 e. The van der Waals surface area contributed by atoms with E-state index in [1.807, 2.05) is 0 Å². The van der Waals surface area contributed by atoms with Crippen LogP contribution in [0.2, 0.25) is 0 Å². The average molecular weight is 277 g/mol. The lowest BCUT2D eigenvalue weighted by Crippen LogP contribution is -2.52. The molecule has 0 aromatic heterocycles. The SMILES string of the molecule is Fc1c(F)c(F)c2c(c1F)OCC1(CCNCC1)O2. The number of rotatable bonds is 0. The highest BCUT2D eigenvalue weighted by atomic mass is 19.2. The fraction of sp³-hybridized carbons (Fsp3) is 0.500. The monoisotopic (exact) mass is 277 g/mol. The fourth-order valence-corrected chi connectivity index (χ4v) is 2.39. The van der Waals surface area contributed by atoms with Gasteiger partial charge in [0.05, 0.1) is 0 Å². The Morgan fingerprint density at radius 2 is 1.42 bits per heavy atom. The summed E-state index contributed by atoms with van der Waals surface area (Å²) in [5, 5.41) is 3.09. The summed E-state index contributed by atoms with van der Waals surface area (Å²) in [6, 6.07) is 0. The van der Waals surface area contributed by atoms with Gasteiger partial charge in [0.2, 0.25) is 34.8 Å². The molecule has 7 heteroatoms. The van der Waals surface area contributed by atoms with Gasteiger partial charge < -0.3 is 14.8 Å². The molecule has 1 aromatic carbocycles. The highest BCUT2D eigenvalue weighted by Gasteiger charge is 2.43. The summed E-state index contributed by atoms with van der Waals surface area (Å²) >= 11 is 0. The first-order chi connectivity index (χ1) is 9.04. The second kappa shape index (κ2) is 4.26. The number of nitrogens with one attached hydrogen (secondary N) is 1. The molecule has 3 nitrogen and oxygen atoms in total. The average Bonchev–Trinajstić information content (AvgIpc) is 2.44. The van der Waals surface area contributed by atoms with Gasteiger partial charge in [-0.15, -0.1) is 0 Å². The summed E-state index contributed by atoms with van der Waals surface area (Å²) in [7, 11) is 0. The second-order valence-corrected chi connectivity index (χ2v) is 4.74. The van der Waals surface area contributed by atoms with E-state index in [0.717, 1.165) is 0 Å². The Bertz CT molecular complexity index is 529. The van der Waals surface area contributed by atoms with Crippen molar-refractivity contribution in [2.24, 2.45) is 0 Å². The van der Waals surface area contributed by atoms with E-state index in [1.165, 1.54) is 0 Å². The van der Waals surface area contributed by atoms with E-state index in [-0.39, 0.29) is 6.61 Å². The lowest BCUT2D eigenvalue weighted by molar-refractivity contribution is -0.0368. The third kappa shape index (κ3) is 1.83. The van der Waals surface area contributed by atoms with Crippen molar-refractivity contribution < 1.29 is 27.0 Å². The van der Waals surface area contributed by atoms with Gasteiger partial charge in [0.25, 0.3) is 0 Å². The number of benzene rings is 1. The van der Waals surface area contributed by atoms with Crippen molar-refractivity contribution in [2.45, 2.75) is 18.4 Å². The predicted octanol–water partition coefficient (Wildman–Crippen LogP) is 2.14. The number of hydrogen-bond donors (Lipinski definition) is 1. The minimum Gasteiger partial charge on any atom is -0.483 e. The number of hydrogen-bond acceptors (Lipinski definition) is 3. The van der Waals surface area contributed by atoms with Gasteiger partial charge in [-0.05, 0) is 13.1 Å². The molecule has 104 valence electrons. The maximum atomic E-state index is 13.7. The molecule has 0 atom stereocenters. The van der Waals surface area contributed by atoms with Crippen LogP contribution in [0.4, 0.5) is 17.6 Å². The molecule has 1 saturated heterocycles. The van der Waals surface area contributed by atoms with Crippen LogP contribution in [0.1, 0.15) is 12.8 Å². The van der Waals surface area contributed by atoms with Gasteiger partial charge in [0.1, 0.15) is 12.2 Å². The lowest BCUT2D eigenvalue weighted by atomic mass is 9.92. The molecule has 0 saturated carbocycles. The minimum atomic E-state index is -1.89. The molecule has 19 heavy (non-hydrogen) atoms. The van der Waals surface area contributed by atoms with Gasteiger partial charge in [-0.2, -0.15) is 8.78 Å². The summed E-state index contributed by atoms with van der Waals surface area (Å²) < 4.78 is 63.9. The molecule has 0 bridgehead atoms. The Hall–Kier alpha value is -1.50. The fourth-order valence-electron chi connectivity index (χ4n) is 2.39. The molecule has 2 heterocycles. The van der Waals surface area contributed by atoms with E-state index in [0.29, 0.717) is 25.9 Å². The van der Waals surface area contributed by atoms with Crippen LogP contribution >= 0.6 is 0 Å². The molecule has 1 fully saturated rings. The summed E-state index contributed by atoms with van der Waals surface area (Å²) in [5.41, 5.74) is -0.810. The number of piperidine rings is 1. The van der Waals surface area contributed by atoms with Crippen molar-refractivity contribution in [3.05, 3.63) is 23.3 Å². The molecule has 3 rings (SSSR count). The zero-order valence-corrected chi connectivity index (χ0v) is 9.86. The highest BCUT2D eigenvalue weighted by molar-refractivity contribution is 5.45. The Morgan fingerprint density at radius 3 is 2.05 bits per heavy atom. The van der Waals surface area contributed by atoms with Crippen LogP contribution in [0, 0.1) is 23.3 Å². The summed E-state index contributed by atoms with van der Waals surface area (Å²) in [6.45, 7) is 1.25. The molecule has 0 aliphatic carbocycles. The van der Waals surface area contributed by atoms with Crippen molar-refractivity contribution in [3.63, 3.8) is 0 Å². The predicted molar refractivity (Wildman–Crippen MR) is 57.2 cm³/mol. The summed E-state index contributed by atoms with van der Waals surface area (Å²) in [5.74, 6) is -8.25. The van der Waals surface area contributed by atoms with Crippen LogP contribution in [0.15, 0.2) is 0 Å². The molecule has 2 aliphatic heterocycles. The smallest absolute Gasteiger partial charge is 0.207 e. The lowest BCUT2D eigenvalue weighted by Gasteiger charge is -2.41. The van der Waals surface area contributed by atoms with Crippen LogP contribution in [0.3, 0.4) is 0 Å². The molecule has 0 amide bonds. The van der Waals surface area contributed by atoms with Crippen LogP contribution in [0.25, 0.3) is 0 Å². The first kappa shape index (κ1) is 12.5. The van der Waals surface area contributed by atoms with Gasteiger partial charge in [0.15, 0.2) is 0 Å². The quantitative estimate of drug-likeness (QED) is 0.448. The van der Waals surface area contributed by atoms with E-state index < -0.39 is 40.4 Å².